The van der Waals surface area contributed by atoms with E-state index >= 15 is 0 Å². The number of allylic oxidation sites excluding steroid dienone is 1. The smallest absolute Gasteiger partial charge is 0.0643 e. The summed E-state index contributed by atoms with van der Waals surface area (Å²) >= 11 is 3.40. The van der Waals surface area contributed by atoms with Crippen molar-refractivity contribution in [1.29, 1.82) is 0 Å². The molecular weight excluding hydrogens is 240 g/mol. The van der Waals surface area contributed by atoms with Crippen molar-refractivity contribution < 1.29 is 0 Å². The van der Waals surface area contributed by atoms with Crippen LogP contribution in [0.5, 0.6) is 0 Å². The van der Waals surface area contributed by atoms with Crippen LogP contribution < -0.4 is 11.3 Å². The highest BCUT2D eigenvalue weighted by Crippen LogP contribution is 2.18. The predicted octanol–water partition coefficient (Wildman–Crippen LogP) is 2.92. The van der Waals surface area contributed by atoms with Crippen molar-refractivity contribution in [3.05, 3.63) is 46.0 Å². The van der Waals surface area contributed by atoms with Gasteiger partial charge < -0.3 is 0 Å². The Morgan fingerprint density at radius 2 is 1.93 bits per heavy atom. The zero-order chi connectivity index (χ0) is 10.6. The Bertz CT molecular complexity index is 313. The number of hydrogen-bond donors (Lipinski definition) is 2. The maximum Gasteiger partial charge on any atom is 0.0643 e. The van der Waals surface area contributed by atoms with Crippen LogP contribution in [0, 0.1) is 0 Å². The summed E-state index contributed by atoms with van der Waals surface area (Å²) in [6, 6.07) is 8.21. The van der Waals surface area contributed by atoms with Crippen molar-refractivity contribution >= 4 is 15.9 Å². The molecule has 1 aromatic rings. The normalized spacial score (nSPS) is 12.3. The summed E-state index contributed by atoms with van der Waals surface area (Å²) < 4.78 is 1.08. The van der Waals surface area contributed by atoms with Crippen LogP contribution in [0.2, 0.25) is 0 Å². The molecule has 2 nitrogen and oxygen atoms in total. The predicted molar refractivity (Wildman–Crippen MR) is 63.6 cm³/mol. The summed E-state index contributed by atoms with van der Waals surface area (Å²) in [5, 5.41) is 0. The average Bonchev–Trinajstić information content (AvgIpc) is 2.15. The first-order valence-electron chi connectivity index (χ1n) is 4.50. The minimum absolute atomic E-state index is 0.0908. The summed E-state index contributed by atoms with van der Waals surface area (Å²) in [6.07, 6.45) is 2.10. The molecule has 0 aliphatic heterocycles. The number of nitrogens with one attached hydrogen (secondary N) is 1. The van der Waals surface area contributed by atoms with Crippen LogP contribution in [0.4, 0.5) is 0 Å². The fraction of sp³-hybridized carbons (Fsp3) is 0.273. The molecule has 76 valence electrons. The minimum atomic E-state index is 0.0908. The van der Waals surface area contributed by atoms with E-state index in [1.807, 2.05) is 24.3 Å². The van der Waals surface area contributed by atoms with Crippen LogP contribution in [-0.2, 0) is 0 Å². The summed E-state index contributed by atoms with van der Waals surface area (Å²) in [4.78, 5) is 0. The van der Waals surface area contributed by atoms with Crippen LogP contribution >= 0.6 is 15.9 Å². The molecule has 0 bridgehead atoms. The van der Waals surface area contributed by atoms with Crippen molar-refractivity contribution in [3.63, 3.8) is 0 Å². The monoisotopic (exact) mass is 254 g/mol. The average molecular weight is 255 g/mol. The van der Waals surface area contributed by atoms with Crippen molar-refractivity contribution in [2.24, 2.45) is 5.84 Å². The van der Waals surface area contributed by atoms with Gasteiger partial charge in [0.25, 0.3) is 0 Å². The van der Waals surface area contributed by atoms with E-state index in [-0.39, 0.29) is 6.04 Å². The first kappa shape index (κ1) is 11.4. The molecule has 0 aliphatic carbocycles. The molecule has 0 saturated heterocycles. The summed E-state index contributed by atoms with van der Waals surface area (Å²) in [5.74, 6) is 5.48. The first-order valence-corrected chi connectivity index (χ1v) is 5.29. The van der Waals surface area contributed by atoms with Crippen LogP contribution in [0.25, 0.3) is 0 Å². The molecule has 3 N–H and O–H groups in total. The van der Waals surface area contributed by atoms with Crippen LogP contribution in [0.1, 0.15) is 25.5 Å². The molecule has 1 atom stereocenters. The van der Waals surface area contributed by atoms with E-state index in [0.29, 0.717) is 0 Å². The van der Waals surface area contributed by atoms with Gasteiger partial charge in [0.15, 0.2) is 0 Å². The number of hydrogen-bond acceptors (Lipinski definition) is 2. The number of halogens is 1. The molecule has 3 heteroatoms. The van der Waals surface area contributed by atoms with Crippen LogP contribution in [0.15, 0.2) is 40.4 Å². The van der Waals surface area contributed by atoms with E-state index in [9.17, 15) is 0 Å². The fourth-order valence-corrected chi connectivity index (χ4v) is 1.51. The molecule has 0 aromatic heterocycles. The van der Waals surface area contributed by atoms with E-state index in [1.54, 1.807) is 0 Å². The van der Waals surface area contributed by atoms with E-state index in [2.05, 4.69) is 41.3 Å². The number of benzene rings is 1. The van der Waals surface area contributed by atoms with Gasteiger partial charge in [0, 0.05) is 4.47 Å². The fourth-order valence-electron chi connectivity index (χ4n) is 1.24. The molecule has 0 radical (unpaired) electrons. The third-order valence-corrected chi connectivity index (χ3v) is 2.44. The second kappa shape index (κ2) is 5.29. The Balaban J connectivity index is 2.90. The van der Waals surface area contributed by atoms with E-state index < -0.39 is 0 Å². The lowest BCUT2D eigenvalue weighted by atomic mass is 10.1. The molecule has 0 fully saturated rings. The lowest BCUT2D eigenvalue weighted by Gasteiger charge is -2.12. The summed E-state index contributed by atoms with van der Waals surface area (Å²) in [6.45, 7) is 4.12. The van der Waals surface area contributed by atoms with Crippen LogP contribution in [0.3, 0.4) is 0 Å². The standard InChI is InChI=1S/C11H15BrN2/c1-8(2)7-11(14-13)9-3-5-10(12)6-4-9/h3-7,11,14H,13H2,1-2H3. The number of hydrazine groups is 1. The molecule has 14 heavy (non-hydrogen) atoms. The van der Waals surface area contributed by atoms with Gasteiger partial charge in [0.2, 0.25) is 0 Å². The second-order valence-corrected chi connectivity index (χ2v) is 4.36. The molecule has 1 unspecified atom stereocenters. The third-order valence-electron chi connectivity index (χ3n) is 1.91. The van der Waals surface area contributed by atoms with Gasteiger partial charge in [0.05, 0.1) is 6.04 Å². The second-order valence-electron chi connectivity index (χ2n) is 3.44. The first-order chi connectivity index (χ1) is 6.63. The molecule has 0 aliphatic rings. The highest BCUT2D eigenvalue weighted by atomic mass is 79.9. The Hall–Kier alpha value is -0.640. The van der Waals surface area contributed by atoms with Crippen molar-refractivity contribution in [2.75, 3.05) is 0 Å². The summed E-state index contributed by atoms with van der Waals surface area (Å²) in [7, 11) is 0. The molecular formula is C11H15BrN2. The highest BCUT2D eigenvalue weighted by molar-refractivity contribution is 9.10. The molecule has 0 amide bonds. The van der Waals surface area contributed by atoms with Gasteiger partial charge in [-0.15, -0.1) is 0 Å². The lowest BCUT2D eigenvalue weighted by Crippen LogP contribution is -2.26. The molecule has 0 saturated carbocycles. The maximum absolute atomic E-state index is 5.48. The SMILES string of the molecule is CC(C)=CC(NN)c1ccc(Br)cc1. The number of nitrogens with two attached hydrogens (primary N) is 1. The van der Waals surface area contributed by atoms with Gasteiger partial charge in [-0.2, -0.15) is 0 Å². The molecule has 0 spiro atoms. The minimum Gasteiger partial charge on any atom is -0.271 e. The van der Waals surface area contributed by atoms with Crippen molar-refractivity contribution in [3.8, 4) is 0 Å². The van der Waals surface area contributed by atoms with Gasteiger partial charge in [-0.1, -0.05) is 39.7 Å². The molecule has 1 aromatic carbocycles. The zero-order valence-electron chi connectivity index (χ0n) is 8.42. The highest BCUT2D eigenvalue weighted by Gasteiger charge is 2.04. The van der Waals surface area contributed by atoms with Gasteiger partial charge >= 0.3 is 0 Å². The van der Waals surface area contributed by atoms with Gasteiger partial charge in [0.1, 0.15) is 0 Å². The molecule has 1 rings (SSSR count). The molecule has 0 heterocycles. The largest absolute Gasteiger partial charge is 0.271 e. The Morgan fingerprint density at radius 3 is 2.36 bits per heavy atom. The quantitative estimate of drug-likeness (QED) is 0.495. The lowest BCUT2D eigenvalue weighted by molar-refractivity contribution is 0.652. The van der Waals surface area contributed by atoms with Crippen molar-refractivity contribution in [1.82, 2.24) is 5.43 Å². The van der Waals surface area contributed by atoms with Gasteiger partial charge in [-0.05, 0) is 31.5 Å². The number of rotatable bonds is 3. The summed E-state index contributed by atoms with van der Waals surface area (Å²) in [5.41, 5.74) is 5.19. The van der Waals surface area contributed by atoms with Gasteiger partial charge in [-0.3, -0.25) is 5.84 Å². The Kier molecular flexibility index (Phi) is 4.32. The zero-order valence-corrected chi connectivity index (χ0v) is 10.0. The van der Waals surface area contributed by atoms with Crippen molar-refractivity contribution in [2.45, 2.75) is 19.9 Å². The van der Waals surface area contributed by atoms with E-state index in [1.165, 1.54) is 5.57 Å². The van der Waals surface area contributed by atoms with E-state index in [4.69, 9.17) is 5.84 Å². The topological polar surface area (TPSA) is 38.0 Å². The van der Waals surface area contributed by atoms with E-state index in [0.717, 1.165) is 10.0 Å². The Morgan fingerprint density at radius 1 is 1.36 bits per heavy atom. The van der Waals surface area contributed by atoms with Crippen LogP contribution in [-0.4, -0.2) is 0 Å². The van der Waals surface area contributed by atoms with Gasteiger partial charge in [-0.25, -0.2) is 5.43 Å². The Labute approximate surface area is 93.3 Å². The third kappa shape index (κ3) is 3.25. The maximum atomic E-state index is 5.48.